The van der Waals surface area contributed by atoms with Crippen LogP contribution in [0.4, 0.5) is 13.2 Å². The maximum absolute atomic E-state index is 13.0. The monoisotopic (exact) mass is 498 g/mol. The summed E-state index contributed by atoms with van der Waals surface area (Å²) in [5.41, 5.74) is 6.10. The number of ether oxygens (including phenoxy) is 1. The fourth-order valence-corrected chi connectivity index (χ4v) is 3.78. The summed E-state index contributed by atoms with van der Waals surface area (Å²) in [4.78, 5) is 12.0. The summed E-state index contributed by atoms with van der Waals surface area (Å²) in [6, 6.07) is 14.1. The van der Waals surface area contributed by atoms with Crippen molar-refractivity contribution in [3.63, 3.8) is 0 Å². The van der Waals surface area contributed by atoms with Crippen LogP contribution < -0.4 is 10.5 Å². The molecule has 3 aromatic carbocycles. The van der Waals surface area contributed by atoms with Crippen LogP contribution in [-0.2, 0) is 19.0 Å². The lowest BCUT2D eigenvalue weighted by molar-refractivity contribution is -0.137. The van der Waals surface area contributed by atoms with E-state index in [1.807, 2.05) is 0 Å². The van der Waals surface area contributed by atoms with Gasteiger partial charge in [-0.2, -0.15) is 13.2 Å². The number of alkyl halides is 3. The number of halogens is 3. The number of nitrogens with zero attached hydrogens (tertiary/aromatic N) is 3. The number of hydrogen-bond donors (Lipinski definition) is 3. The summed E-state index contributed by atoms with van der Waals surface area (Å²) in [5, 5.41) is 28.9. The van der Waals surface area contributed by atoms with E-state index >= 15 is 0 Å². The standard InChI is InChI=1S/C25H21F3N4O4/c1-36-18-9-7-17(8-10-18)32-23(30-31-24(32)22(29)35)19-12-15(20(33)13-21(19)34)6-5-14-3-2-4-16(11-14)25(26,27)28/h2-4,7-13,33-34H,5-6H2,1H3,(H2,29,35). The van der Waals surface area contributed by atoms with Gasteiger partial charge in [0.2, 0.25) is 5.82 Å². The van der Waals surface area contributed by atoms with Crippen molar-refractivity contribution >= 4 is 5.91 Å². The maximum Gasteiger partial charge on any atom is 0.416 e. The van der Waals surface area contributed by atoms with Crippen molar-refractivity contribution in [2.24, 2.45) is 5.73 Å². The summed E-state index contributed by atoms with van der Waals surface area (Å²) in [5.74, 6) is -0.978. The van der Waals surface area contributed by atoms with Gasteiger partial charge >= 0.3 is 6.18 Å². The van der Waals surface area contributed by atoms with Gasteiger partial charge in [0.15, 0.2) is 5.82 Å². The predicted molar refractivity (Wildman–Crippen MR) is 124 cm³/mol. The molecule has 8 nitrogen and oxygen atoms in total. The molecule has 0 fully saturated rings. The van der Waals surface area contributed by atoms with Gasteiger partial charge in [-0.3, -0.25) is 9.36 Å². The highest BCUT2D eigenvalue weighted by atomic mass is 19.4. The van der Waals surface area contributed by atoms with Gasteiger partial charge in [-0.25, -0.2) is 0 Å². The number of nitrogens with two attached hydrogens (primary N) is 1. The molecule has 0 unspecified atom stereocenters. The number of aromatic nitrogens is 3. The molecule has 0 aliphatic rings. The molecule has 11 heteroatoms. The van der Waals surface area contributed by atoms with Crippen LogP contribution in [-0.4, -0.2) is 38.0 Å². The largest absolute Gasteiger partial charge is 0.508 e. The van der Waals surface area contributed by atoms with Crippen LogP contribution in [0.3, 0.4) is 0 Å². The number of phenolic OH excluding ortho intramolecular Hbond substituents is 2. The van der Waals surface area contributed by atoms with Gasteiger partial charge in [0.1, 0.15) is 17.2 Å². The van der Waals surface area contributed by atoms with E-state index in [1.54, 1.807) is 30.3 Å². The fourth-order valence-electron chi connectivity index (χ4n) is 3.78. The van der Waals surface area contributed by atoms with E-state index in [0.717, 1.165) is 18.2 Å². The van der Waals surface area contributed by atoms with Crippen molar-refractivity contribution in [1.29, 1.82) is 0 Å². The summed E-state index contributed by atoms with van der Waals surface area (Å²) < 4.78 is 45.6. The Morgan fingerprint density at radius 2 is 1.72 bits per heavy atom. The zero-order valence-corrected chi connectivity index (χ0v) is 19.0. The number of phenols is 2. The van der Waals surface area contributed by atoms with E-state index in [9.17, 15) is 28.2 Å². The van der Waals surface area contributed by atoms with Crippen molar-refractivity contribution in [2.75, 3.05) is 7.11 Å². The van der Waals surface area contributed by atoms with Crippen LogP contribution >= 0.6 is 0 Å². The van der Waals surface area contributed by atoms with Crippen LogP contribution in [0.2, 0.25) is 0 Å². The molecule has 4 aromatic rings. The Kier molecular flexibility index (Phi) is 6.56. The van der Waals surface area contributed by atoms with Gasteiger partial charge in [0, 0.05) is 11.8 Å². The summed E-state index contributed by atoms with van der Waals surface area (Å²) in [7, 11) is 1.50. The molecule has 0 bridgehead atoms. The van der Waals surface area contributed by atoms with Crippen LogP contribution in [0.15, 0.2) is 60.7 Å². The van der Waals surface area contributed by atoms with Gasteiger partial charge in [0.05, 0.1) is 18.2 Å². The zero-order valence-electron chi connectivity index (χ0n) is 19.0. The summed E-state index contributed by atoms with van der Waals surface area (Å²) in [6.07, 6.45) is -4.10. The number of aromatic hydroxyl groups is 2. The molecular formula is C25H21F3N4O4. The van der Waals surface area contributed by atoms with Gasteiger partial charge in [0.25, 0.3) is 5.91 Å². The molecule has 0 spiro atoms. The summed E-state index contributed by atoms with van der Waals surface area (Å²) in [6.45, 7) is 0. The first kappa shape index (κ1) is 24.6. The van der Waals surface area contributed by atoms with Crippen molar-refractivity contribution in [2.45, 2.75) is 19.0 Å². The van der Waals surface area contributed by atoms with Gasteiger partial charge in [-0.15, -0.1) is 10.2 Å². The Morgan fingerprint density at radius 1 is 1.00 bits per heavy atom. The minimum atomic E-state index is -4.46. The lowest BCUT2D eigenvalue weighted by atomic mass is 9.99. The number of benzene rings is 3. The molecule has 0 aliphatic carbocycles. The molecule has 0 aliphatic heterocycles. The molecular weight excluding hydrogens is 477 g/mol. The van der Waals surface area contributed by atoms with Gasteiger partial charge in [-0.05, 0) is 60.4 Å². The van der Waals surface area contributed by atoms with E-state index in [2.05, 4.69) is 10.2 Å². The molecule has 186 valence electrons. The average Bonchev–Trinajstić information content (AvgIpc) is 3.28. The molecule has 0 atom stereocenters. The number of carbonyl (C=O) groups is 1. The number of amides is 1. The summed E-state index contributed by atoms with van der Waals surface area (Å²) >= 11 is 0. The predicted octanol–water partition coefficient (Wildman–Crippen LogP) is 4.26. The highest BCUT2D eigenvalue weighted by Gasteiger charge is 2.30. The first-order valence-corrected chi connectivity index (χ1v) is 10.7. The van der Waals surface area contributed by atoms with E-state index < -0.39 is 17.6 Å². The Hall–Kier alpha value is -4.54. The van der Waals surface area contributed by atoms with E-state index in [1.165, 1.54) is 23.8 Å². The third-order valence-electron chi connectivity index (χ3n) is 5.59. The quantitative estimate of drug-likeness (QED) is 0.350. The molecule has 4 rings (SSSR count). The van der Waals surface area contributed by atoms with Crippen molar-refractivity contribution in [3.05, 3.63) is 83.2 Å². The number of methoxy groups -OCH3 is 1. The second-order valence-corrected chi connectivity index (χ2v) is 7.94. The SMILES string of the molecule is COc1ccc(-n2c(C(N)=O)nnc2-c2cc(CCc3cccc(C(F)(F)F)c3)c(O)cc2O)cc1. The molecule has 36 heavy (non-hydrogen) atoms. The second-order valence-electron chi connectivity index (χ2n) is 7.94. The van der Waals surface area contributed by atoms with Crippen molar-refractivity contribution in [1.82, 2.24) is 14.8 Å². The highest BCUT2D eigenvalue weighted by molar-refractivity contribution is 5.91. The Morgan fingerprint density at radius 3 is 2.36 bits per heavy atom. The lowest BCUT2D eigenvalue weighted by Gasteiger charge is -2.13. The highest BCUT2D eigenvalue weighted by Crippen LogP contribution is 2.36. The first-order valence-electron chi connectivity index (χ1n) is 10.7. The zero-order chi connectivity index (χ0) is 26.0. The fraction of sp³-hybridized carbons (Fsp3) is 0.160. The molecule has 1 heterocycles. The normalized spacial score (nSPS) is 11.4. The number of aryl methyl sites for hydroxylation is 2. The van der Waals surface area contributed by atoms with E-state index in [-0.39, 0.29) is 41.6 Å². The Balaban J connectivity index is 1.73. The maximum atomic E-state index is 13.0. The molecule has 1 amide bonds. The van der Waals surface area contributed by atoms with Crippen LogP contribution in [0.1, 0.15) is 27.3 Å². The lowest BCUT2D eigenvalue weighted by Crippen LogP contribution is -2.17. The van der Waals surface area contributed by atoms with Gasteiger partial charge in [-0.1, -0.05) is 18.2 Å². The van der Waals surface area contributed by atoms with Crippen LogP contribution in [0, 0.1) is 0 Å². The van der Waals surface area contributed by atoms with E-state index in [0.29, 0.717) is 22.6 Å². The van der Waals surface area contributed by atoms with Crippen LogP contribution in [0.5, 0.6) is 17.2 Å². The minimum Gasteiger partial charge on any atom is -0.508 e. The Bertz CT molecular complexity index is 1420. The van der Waals surface area contributed by atoms with Crippen molar-refractivity contribution < 1.29 is 32.9 Å². The van der Waals surface area contributed by atoms with Crippen LogP contribution in [0.25, 0.3) is 17.1 Å². The molecule has 4 N–H and O–H groups in total. The first-order chi connectivity index (χ1) is 17.1. The number of rotatable bonds is 7. The molecule has 0 saturated heterocycles. The number of hydrogen-bond acceptors (Lipinski definition) is 6. The number of carbonyl (C=O) groups excluding carboxylic acids is 1. The van der Waals surface area contributed by atoms with Crippen molar-refractivity contribution in [3.8, 4) is 34.3 Å². The smallest absolute Gasteiger partial charge is 0.416 e. The second kappa shape index (κ2) is 9.61. The Labute approximate surface area is 203 Å². The third-order valence-corrected chi connectivity index (χ3v) is 5.59. The molecule has 0 saturated carbocycles. The molecule has 1 aromatic heterocycles. The minimum absolute atomic E-state index is 0.0757. The molecule has 0 radical (unpaired) electrons. The van der Waals surface area contributed by atoms with Gasteiger partial charge < -0.3 is 20.7 Å². The topological polar surface area (TPSA) is 123 Å². The third kappa shape index (κ3) is 4.95. The number of primary amides is 1. The van der Waals surface area contributed by atoms with E-state index in [4.69, 9.17) is 10.5 Å². The average molecular weight is 498 g/mol.